The fourth-order valence-corrected chi connectivity index (χ4v) is 3.60. The van der Waals surface area contributed by atoms with Crippen LogP contribution in [0.4, 0.5) is 4.39 Å². The molecule has 0 saturated heterocycles. The van der Waals surface area contributed by atoms with Crippen LogP contribution < -0.4 is 0 Å². The number of amides is 1. The molecule has 2 unspecified atom stereocenters. The number of carbonyl (C=O) groups excluding carboxylic acids is 1. The smallest absolute Gasteiger partial charge is 0.256 e. The van der Waals surface area contributed by atoms with Gasteiger partial charge in [0, 0.05) is 17.9 Å². The summed E-state index contributed by atoms with van der Waals surface area (Å²) in [6.45, 7) is 1.68. The van der Waals surface area contributed by atoms with Crippen LogP contribution in [-0.2, 0) is 0 Å². The zero-order valence-corrected chi connectivity index (χ0v) is 12.9. The van der Waals surface area contributed by atoms with E-state index in [-0.39, 0.29) is 17.5 Å². The Morgan fingerprint density at radius 3 is 2.74 bits per heavy atom. The summed E-state index contributed by atoms with van der Waals surface area (Å²) in [7, 11) is 1.77. The maximum atomic E-state index is 14.0. The molecule has 1 aliphatic carbocycles. The monoisotopic (exact) mass is 327 g/mol. The van der Waals surface area contributed by atoms with Crippen molar-refractivity contribution in [3.8, 4) is 0 Å². The Labute approximate surface area is 122 Å². The fraction of sp³-hybridized carbons (Fsp3) is 0.533. The molecule has 0 heterocycles. The van der Waals surface area contributed by atoms with Gasteiger partial charge in [0.25, 0.3) is 5.91 Å². The zero-order valence-electron chi connectivity index (χ0n) is 11.3. The third kappa shape index (κ3) is 2.99. The van der Waals surface area contributed by atoms with Crippen LogP contribution in [0, 0.1) is 12.7 Å². The Bertz CT molecular complexity index is 477. The van der Waals surface area contributed by atoms with Crippen LogP contribution in [0.5, 0.6) is 0 Å². The fourth-order valence-electron chi connectivity index (χ4n) is 2.66. The van der Waals surface area contributed by atoms with Gasteiger partial charge in [0.05, 0.1) is 5.56 Å². The molecule has 2 nitrogen and oxygen atoms in total. The zero-order chi connectivity index (χ0) is 14.0. The summed E-state index contributed by atoms with van der Waals surface area (Å²) in [5.41, 5.74) is 0.686. The lowest BCUT2D eigenvalue weighted by Gasteiger charge is -2.35. The summed E-state index contributed by atoms with van der Waals surface area (Å²) in [6, 6.07) is 5.13. The second-order valence-corrected chi connectivity index (χ2v) is 6.40. The number of rotatable bonds is 2. The molecule has 0 aliphatic heterocycles. The van der Waals surface area contributed by atoms with Crippen molar-refractivity contribution in [1.82, 2.24) is 4.90 Å². The first-order valence-electron chi connectivity index (χ1n) is 6.68. The molecule has 104 valence electrons. The van der Waals surface area contributed by atoms with Gasteiger partial charge in [-0.15, -0.1) is 0 Å². The van der Waals surface area contributed by atoms with E-state index in [9.17, 15) is 9.18 Å². The van der Waals surface area contributed by atoms with Gasteiger partial charge < -0.3 is 4.90 Å². The van der Waals surface area contributed by atoms with E-state index in [0.717, 1.165) is 19.3 Å². The Morgan fingerprint density at radius 1 is 1.37 bits per heavy atom. The van der Waals surface area contributed by atoms with Crippen LogP contribution in [0.1, 0.15) is 41.6 Å². The van der Waals surface area contributed by atoms with Crippen LogP contribution in [0.15, 0.2) is 18.2 Å². The van der Waals surface area contributed by atoms with Crippen LogP contribution >= 0.6 is 15.9 Å². The van der Waals surface area contributed by atoms with Crippen LogP contribution in [-0.4, -0.2) is 28.7 Å². The maximum Gasteiger partial charge on any atom is 0.256 e. The topological polar surface area (TPSA) is 20.3 Å². The molecule has 2 atom stereocenters. The van der Waals surface area contributed by atoms with Crippen molar-refractivity contribution in [2.75, 3.05) is 7.05 Å². The molecule has 0 aromatic heterocycles. The molecule has 0 N–H and O–H groups in total. The molecule has 0 bridgehead atoms. The van der Waals surface area contributed by atoms with Crippen molar-refractivity contribution in [2.45, 2.75) is 43.5 Å². The van der Waals surface area contributed by atoms with Gasteiger partial charge in [-0.3, -0.25) is 4.79 Å². The minimum atomic E-state index is -0.402. The molecular weight excluding hydrogens is 309 g/mol. The van der Waals surface area contributed by atoms with Crippen molar-refractivity contribution in [1.29, 1.82) is 0 Å². The number of nitrogens with zero attached hydrogens (tertiary/aromatic N) is 1. The molecule has 1 aromatic rings. The molecule has 19 heavy (non-hydrogen) atoms. The highest BCUT2D eigenvalue weighted by molar-refractivity contribution is 9.09. The van der Waals surface area contributed by atoms with E-state index in [2.05, 4.69) is 15.9 Å². The van der Waals surface area contributed by atoms with E-state index >= 15 is 0 Å². The summed E-state index contributed by atoms with van der Waals surface area (Å²) in [4.78, 5) is 14.4. The number of aryl methyl sites for hydroxylation is 1. The number of alkyl halides is 1. The second-order valence-electron chi connectivity index (χ2n) is 5.22. The van der Waals surface area contributed by atoms with Crippen LogP contribution in [0.3, 0.4) is 0 Å². The Hall–Kier alpha value is -0.900. The lowest BCUT2D eigenvalue weighted by atomic mass is 9.94. The highest BCUT2D eigenvalue weighted by atomic mass is 79.9. The molecule has 2 rings (SSSR count). The van der Waals surface area contributed by atoms with Gasteiger partial charge in [-0.2, -0.15) is 0 Å². The summed E-state index contributed by atoms with van der Waals surface area (Å²) in [5.74, 6) is -0.626. The molecule has 1 amide bonds. The third-order valence-electron chi connectivity index (χ3n) is 3.89. The van der Waals surface area contributed by atoms with Crippen molar-refractivity contribution in [2.24, 2.45) is 0 Å². The quantitative estimate of drug-likeness (QED) is 0.754. The molecular formula is C15H19BrFNO. The van der Waals surface area contributed by atoms with Gasteiger partial charge in [-0.25, -0.2) is 4.39 Å². The summed E-state index contributed by atoms with van der Waals surface area (Å²) in [6.07, 6.45) is 4.36. The van der Waals surface area contributed by atoms with E-state index in [4.69, 9.17) is 0 Å². The van der Waals surface area contributed by atoms with Crippen molar-refractivity contribution >= 4 is 21.8 Å². The minimum absolute atomic E-state index is 0.154. The average molecular weight is 328 g/mol. The molecule has 1 saturated carbocycles. The van der Waals surface area contributed by atoms with E-state index in [1.165, 1.54) is 6.42 Å². The lowest BCUT2D eigenvalue weighted by Crippen LogP contribution is -2.44. The van der Waals surface area contributed by atoms with Gasteiger partial charge in [0.1, 0.15) is 5.82 Å². The average Bonchev–Trinajstić information content (AvgIpc) is 2.41. The predicted molar refractivity (Wildman–Crippen MR) is 78.2 cm³/mol. The number of halogens is 2. The molecule has 1 fully saturated rings. The van der Waals surface area contributed by atoms with Crippen molar-refractivity contribution in [3.63, 3.8) is 0 Å². The SMILES string of the molecule is Cc1cccc(C(=O)N(C)C2CCCCC2Br)c1F. The first kappa shape index (κ1) is 14.5. The molecule has 0 radical (unpaired) electrons. The van der Waals surface area contributed by atoms with Gasteiger partial charge in [-0.05, 0) is 31.4 Å². The van der Waals surface area contributed by atoms with Gasteiger partial charge in [-0.1, -0.05) is 40.9 Å². The standard InChI is InChI=1S/C15H19BrFNO/c1-10-6-5-7-11(14(10)17)15(19)18(2)13-9-4-3-8-12(13)16/h5-7,12-13H,3-4,8-9H2,1-2H3. The largest absolute Gasteiger partial charge is 0.338 e. The Balaban J connectivity index is 2.21. The number of hydrogen-bond donors (Lipinski definition) is 0. The minimum Gasteiger partial charge on any atom is -0.338 e. The third-order valence-corrected chi connectivity index (χ3v) is 4.96. The van der Waals surface area contributed by atoms with E-state index in [1.54, 1.807) is 37.1 Å². The molecule has 1 aliphatic rings. The van der Waals surface area contributed by atoms with Gasteiger partial charge in [0.2, 0.25) is 0 Å². The highest BCUT2D eigenvalue weighted by Crippen LogP contribution is 2.29. The highest BCUT2D eigenvalue weighted by Gasteiger charge is 2.30. The van der Waals surface area contributed by atoms with Gasteiger partial charge in [0.15, 0.2) is 0 Å². The van der Waals surface area contributed by atoms with Crippen LogP contribution in [0.2, 0.25) is 0 Å². The predicted octanol–water partition coefficient (Wildman–Crippen LogP) is 3.91. The number of benzene rings is 1. The lowest BCUT2D eigenvalue weighted by molar-refractivity contribution is 0.0700. The number of carbonyl (C=O) groups is 1. The van der Waals surface area contributed by atoms with Gasteiger partial charge >= 0.3 is 0 Å². The molecule has 4 heteroatoms. The summed E-state index contributed by atoms with van der Waals surface area (Å²) < 4.78 is 14.0. The van der Waals surface area contributed by atoms with E-state index < -0.39 is 5.82 Å². The van der Waals surface area contributed by atoms with Crippen molar-refractivity contribution < 1.29 is 9.18 Å². The number of hydrogen-bond acceptors (Lipinski definition) is 1. The summed E-state index contributed by atoms with van der Waals surface area (Å²) >= 11 is 3.64. The normalized spacial score (nSPS) is 23.2. The second kappa shape index (κ2) is 6.04. The van der Waals surface area contributed by atoms with Crippen molar-refractivity contribution in [3.05, 3.63) is 35.1 Å². The van der Waals surface area contributed by atoms with Crippen LogP contribution in [0.25, 0.3) is 0 Å². The van der Waals surface area contributed by atoms with E-state index in [1.807, 2.05) is 0 Å². The first-order chi connectivity index (χ1) is 9.02. The first-order valence-corrected chi connectivity index (χ1v) is 7.60. The molecule has 0 spiro atoms. The Morgan fingerprint density at radius 2 is 2.05 bits per heavy atom. The van der Waals surface area contributed by atoms with E-state index in [0.29, 0.717) is 10.4 Å². The Kier molecular flexibility index (Phi) is 4.61. The maximum absolute atomic E-state index is 14.0. The molecule has 1 aromatic carbocycles. The summed E-state index contributed by atoms with van der Waals surface area (Å²) in [5, 5.41) is 0.